The normalized spacial score (nSPS) is 19.7. The molecule has 0 radical (unpaired) electrons. The van der Waals surface area contributed by atoms with Gasteiger partial charge in [-0.1, -0.05) is 31.1 Å². The lowest BCUT2D eigenvalue weighted by Crippen LogP contribution is -2.64. The fraction of sp³-hybridized carbons (Fsp3) is 0.429. The first-order valence-electron chi connectivity index (χ1n) is 26.5. The topological polar surface area (TPSA) is 251 Å². The first-order chi connectivity index (χ1) is 37.2. The predicted octanol–water partition coefficient (Wildman–Crippen LogP) is 6.45. The second-order valence-electron chi connectivity index (χ2n) is 21.8. The Morgan fingerprint density at radius 2 is 0.909 bits per heavy atom. The molecule has 8 heterocycles. The van der Waals surface area contributed by atoms with Crippen molar-refractivity contribution in [3.63, 3.8) is 0 Å². The number of sulfonamides is 2. The largest absolute Gasteiger partial charge is 0.265 e. The first-order valence-corrected chi connectivity index (χ1v) is 29.7. The van der Waals surface area contributed by atoms with Gasteiger partial charge in [0.25, 0.3) is 0 Å². The Kier molecular flexibility index (Phi) is 11.5. The number of rotatable bonds is 10. The molecule has 19 nitrogen and oxygen atoms in total. The standard InChI is InChI=1S/C19H19N5O2S.C19H18N4.C18H18N6O2S/c1-2-27(25,26)23-11-19(12-23,6-7-20)24-10-15-14-5-8-21-16-4-3-13(18(14)16)9-17(15)22-24;20-9-8-19(6-1-2-7-19)23-12-15-14-5-10-21-16-4-3-13(18(14)16)11-17(15)22-23;1-2-27(25,26)23-9-18(10-23,5-6-19)24-8-13-15(22-24)7-12-3-4-14-16(12)17(13)21-11-20-14/h3,5,8,10H,2,4,6,9,11-12H2,1H3;3,5,10,12H,1-2,4,6-8,11H2;3,8,11H,2,4-5,7,9-10H2,1H3. The monoisotopic (exact) mass is 1070 g/mol. The summed E-state index contributed by atoms with van der Waals surface area (Å²) in [6.07, 6.45) is 28.7. The van der Waals surface area contributed by atoms with Gasteiger partial charge in [0.1, 0.15) is 17.4 Å². The van der Waals surface area contributed by atoms with E-state index in [2.05, 4.69) is 73.3 Å². The van der Waals surface area contributed by atoms with Gasteiger partial charge in [-0.2, -0.15) is 39.7 Å². The van der Waals surface area contributed by atoms with Gasteiger partial charge in [-0.05, 0) is 66.7 Å². The van der Waals surface area contributed by atoms with Crippen molar-refractivity contribution in [1.29, 1.82) is 15.8 Å². The lowest BCUT2D eigenvalue weighted by molar-refractivity contribution is 0.0715. The number of fused-ring (bicyclic) bond motifs is 6. The highest BCUT2D eigenvalue weighted by Crippen LogP contribution is 2.48. The minimum atomic E-state index is -3.26. The van der Waals surface area contributed by atoms with Gasteiger partial charge in [0, 0.05) is 129 Å². The molecule has 0 unspecified atom stereocenters. The van der Waals surface area contributed by atoms with Crippen LogP contribution in [-0.4, -0.2) is 112 Å². The number of nitriles is 3. The summed E-state index contributed by atoms with van der Waals surface area (Å²) in [5.41, 5.74) is 19.2. The van der Waals surface area contributed by atoms with Crippen molar-refractivity contribution in [2.75, 3.05) is 37.7 Å². The molecule has 9 aliphatic rings. The number of nitrogens with zero attached hydrogens (tertiary/aromatic N) is 15. The van der Waals surface area contributed by atoms with Crippen molar-refractivity contribution in [3.8, 4) is 51.7 Å². The van der Waals surface area contributed by atoms with Gasteiger partial charge in [-0.25, -0.2) is 26.8 Å². The molecule has 0 N–H and O–H groups in total. The Hall–Kier alpha value is -7.48. The summed E-state index contributed by atoms with van der Waals surface area (Å²) < 4.78 is 57.2. The fourth-order valence-corrected chi connectivity index (χ4v) is 15.7. The average Bonchev–Trinajstić information content (AvgIpc) is 4.49. The van der Waals surface area contributed by atoms with Crippen molar-refractivity contribution in [1.82, 2.24) is 57.9 Å². The third-order valence-corrected chi connectivity index (χ3v) is 21.0. The molecule has 7 aliphatic carbocycles. The van der Waals surface area contributed by atoms with Crippen LogP contribution in [0.3, 0.4) is 0 Å². The number of aromatic nitrogens is 10. The van der Waals surface area contributed by atoms with Gasteiger partial charge in [0.15, 0.2) is 0 Å². The Balaban J connectivity index is 0.000000111. The van der Waals surface area contributed by atoms with Crippen LogP contribution in [0.25, 0.3) is 50.2 Å². The predicted molar refractivity (Wildman–Crippen MR) is 285 cm³/mol. The molecule has 0 atom stereocenters. The maximum absolute atomic E-state index is 12.2. The van der Waals surface area contributed by atoms with Crippen LogP contribution in [0.1, 0.15) is 110 Å². The van der Waals surface area contributed by atoms with Crippen LogP contribution in [0.5, 0.6) is 0 Å². The summed E-state index contributed by atoms with van der Waals surface area (Å²) in [5, 5.41) is 42.5. The molecule has 2 aliphatic heterocycles. The van der Waals surface area contributed by atoms with Gasteiger partial charge in [-0.3, -0.25) is 24.0 Å². The third-order valence-electron chi connectivity index (χ3n) is 17.5. The molecule has 6 aromatic rings. The van der Waals surface area contributed by atoms with Crippen LogP contribution in [-0.2, 0) is 75.2 Å². The molecular weight excluding hydrogens is 1010 g/mol. The minimum absolute atomic E-state index is 0.0620. The number of hydrogen-bond donors (Lipinski definition) is 0. The van der Waals surface area contributed by atoms with Crippen LogP contribution in [0.2, 0.25) is 0 Å². The molecule has 0 spiro atoms. The van der Waals surface area contributed by atoms with Crippen LogP contribution in [0.4, 0.5) is 0 Å². The second-order valence-corrected chi connectivity index (χ2v) is 26.3. The van der Waals surface area contributed by atoms with E-state index in [1.54, 1.807) is 24.9 Å². The lowest BCUT2D eigenvalue weighted by Gasteiger charge is -2.47. The van der Waals surface area contributed by atoms with Gasteiger partial charge >= 0.3 is 0 Å². The van der Waals surface area contributed by atoms with E-state index >= 15 is 0 Å². The molecule has 0 bridgehead atoms. The van der Waals surface area contributed by atoms with E-state index in [1.807, 2.05) is 35.5 Å². The van der Waals surface area contributed by atoms with E-state index in [1.165, 1.54) is 66.1 Å². The molecule has 21 heteroatoms. The molecule has 1 saturated carbocycles. The van der Waals surface area contributed by atoms with Gasteiger partial charge in [0.2, 0.25) is 20.0 Å². The molecule has 2 saturated heterocycles. The van der Waals surface area contributed by atoms with E-state index in [4.69, 9.17) is 15.3 Å². The fourth-order valence-electron chi connectivity index (χ4n) is 13.2. The maximum atomic E-state index is 12.2. The number of allylic oxidation sites excluding steroid dienone is 6. The van der Waals surface area contributed by atoms with Crippen LogP contribution in [0.15, 0.2) is 67.7 Å². The molecule has 0 aromatic carbocycles. The van der Waals surface area contributed by atoms with Gasteiger partial charge in [-0.15, -0.1) is 0 Å². The highest BCUT2D eigenvalue weighted by atomic mass is 32.2. The van der Waals surface area contributed by atoms with E-state index in [0.717, 1.165) is 108 Å². The summed E-state index contributed by atoms with van der Waals surface area (Å²) in [7, 11) is -6.51. The molecule has 0 amide bonds. The third kappa shape index (κ3) is 7.69. The minimum Gasteiger partial charge on any atom is -0.265 e. The molecule has 6 aromatic heterocycles. The molecular formula is C56H55N15O4S2. The Morgan fingerprint density at radius 1 is 0.506 bits per heavy atom. The van der Waals surface area contributed by atoms with Crippen molar-refractivity contribution >= 4 is 36.8 Å². The van der Waals surface area contributed by atoms with Gasteiger partial charge < -0.3 is 0 Å². The molecule has 77 heavy (non-hydrogen) atoms. The summed E-state index contributed by atoms with van der Waals surface area (Å²) in [5.74, 6) is 0.134. The van der Waals surface area contributed by atoms with Crippen LogP contribution >= 0.6 is 0 Å². The summed E-state index contributed by atoms with van der Waals surface area (Å²) in [6.45, 7) is 4.43. The van der Waals surface area contributed by atoms with Crippen LogP contribution in [0, 0.1) is 34.0 Å². The molecule has 15 rings (SSSR count). The second kappa shape index (κ2) is 18.1. The highest BCUT2D eigenvalue weighted by molar-refractivity contribution is 7.89. The Bertz CT molecular complexity index is 3770. The Morgan fingerprint density at radius 3 is 1.36 bits per heavy atom. The zero-order valence-corrected chi connectivity index (χ0v) is 44.6. The SMILES string of the molecule is CCS(=O)(=O)N1CC(CC#N)(n2cc3c(n2)CC2=CCc4nccc-3c42)C1.CCS(=O)(=O)N1CC(CC#N)(n2cc3c(n2)CC2=CCc4ncnc-3c42)C1.N#CCC1(n2cc3c(n2)CC2=CCc4nccc-3c42)CCCC1. The summed E-state index contributed by atoms with van der Waals surface area (Å²) in [4.78, 5) is 17.9. The highest BCUT2D eigenvalue weighted by Gasteiger charge is 2.52. The van der Waals surface area contributed by atoms with Crippen LogP contribution < -0.4 is 0 Å². The van der Waals surface area contributed by atoms with Crippen molar-refractivity contribution in [3.05, 3.63) is 119 Å². The zero-order valence-electron chi connectivity index (χ0n) is 42.9. The van der Waals surface area contributed by atoms with E-state index in [0.29, 0.717) is 19.5 Å². The molecule has 390 valence electrons. The van der Waals surface area contributed by atoms with Gasteiger partial charge in [0.05, 0.1) is 94.4 Å². The summed E-state index contributed by atoms with van der Waals surface area (Å²) in [6, 6.07) is 11.0. The lowest BCUT2D eigenvalue weighted by atomic mass is 9.87. The van der Waals surface area contributed by atoms with E-state index in [-0.39, 0.29) is 43.0 Å². The van der Waals surface area contributed by atoms with Crippen molar-refractivity contribution in [2.24, 2.45) is 0 Å². The summed E-state index contributed by atoms with van der Waals surface area (Å²) >= 11 is 0. The quantitative estimate of drug-likeness (QED) is 0.143. The first kappa shape index (κ1) is 49.1. The maximum Gasteiger partial charge on any atom is 0.213 e. The smallest absolute Gasteiger partial charge is 0.213 e. The van der Waals surface area contributed by atoms with Crippen molar-refractivity contribution < 1.29 is 16.8 Å². The average molecular weight is 1070 g/mol. The number of pyridine rings is 2. The Labute approximate surface area is 447 Å². The zero-order chi connectivity index (χ0) is 53.1. The van der Waals surface area contributed by atoms with E-state index in [9.17, 15) is 32.6 Å². The van der Waals surface area contributed by atoms with E-state index < -0.39 is 31.1 Å². The van der Waals surface area contributed by atoms with Crippen molar-refractivity contribution in [2.45, 2.75) is 114 Å². The number of hydrogen-bond acceptors (Lipinski definition) is 14. The molecule has 3 fully saturated rings.